The normalized spacial score (nSPS) is 26.2. The molecule has 0 spiro atoms. The Kier molecular flexibility index (Phi) is 3.10. The summed E-state index contributed by atoms with van der Waals surface area (Å²) in [6.45, 7) is 5.08. The molecule has 0 aromatic carbocycles. The summed E-state index contributed by atoms with van der Waals surface area (Å²) in [6, 6.07) is 0.613. The highest BCUT2D eigenvalue weighted by Gasteiger charge is 2.26. The Morgan fingerprint density at radius 2 is 2.21 bits per heavy atom. The van der Waals surface area contributed by atoms with Gasteiger partial charge in [-0.2, -0.15) is 0 Å². The molecule has 1 heterocycles. The third kappa shape index (κ3) is 2.27. The maximum absolute atomic E-state index is 5.90. The first-order chi connectivity index (χ1) is 6.65. The molecule has 1 N–H and O–H groups in total. The van der Waals surface area contributed by atoms with Crippen molar-refractivity contribution in [3.8, 4) is 0 Å². The Morgan fingerprint density at radius 1 is 1.50 bits per heavy atom. The second kappa shape index (κ2) is 4.17. The van der Waals surface area contributed by atoms with Crippen molar-refractivity contribution in [2.45, 2.75) is 44.7 Å². The summed E-state index contributed by atoms with van der Waals surface area (Å²) in [7, 11) is 0. The minimum atomic E-state index is 0.396. The first-order valence-corrected chi connectivity index (χ1v) is 6.21. The number of alkyl halides is 1. The van der Waals surface area contributed by atoms with Crippen LogP contribution in [-0.4, -0.2) is 16.4 Å². The van der Waals surface area contributed by atoms with Gasteiger partial charge in [0.2, 0.25) is 0 Å². The first-order valence-electron chi connectivity index (χ1n) is 4.95. The molecule has 0 radical (unpaired) electrons. The molecule has 1 aliphatic rings. The van der Waals surface area contributed by atoms with Crippen LogP contribution in [0.5, 0.6) is 0 Å². The van der Waals surface area contributed by atoms with Crippen molar-refractivity contribution in [3.05, 3.63) is 15.6 Å². The molecule has 0 unspecified atom stereocenters. The smallest absolute Gasteiger partial charge is 0.107 e. The highest BCUT2D eigenvalue weighted by molar-refractivity contribution is 7.11. The van der Waals surface area contributed by atoms with Gasteiger partial charge in [-0.15, -0.1) is 22.9 Å². The van der Waals surface area contributed by atoms with E-state index in [4.69, 9.17) is 11.6 Å². The van der Waals surface area contributed by atoms with Crippen molar-refractivity contribution in [1.82, 2.24) is 10.3 Å². The zero-order valence-corrected chi connectivity index (χ0v) is 10.1. The van der Waals surface area contributed by atoms with Crippen LogP contribution in [0.3, 0.4) is 0 Å². The monoisotopic (exact) mass is 230 g/mol. The molecular formula is C10H15ClN2S. The summed E-state index contributed by atoms with van der Waals surface area (Å²) in [5, 5.41) is 5.06. The van der Waals surface area contributed by atoms with Crippen LogP contribution in [0.1, 0.15) is 28.4 Å². The van der Waals surface area contributed by atoms with Crippen molar-refractivity contribution >= 4 is 22.9 Å². The van der Waals surface area contributed by atoms with Crippen molar-refractivity contribution in [1.29, 1.82) is 0 Å². The van der Waals surface area contributed by atoms with Crippen LogP contribution in [0, 0.1) is 13.8 Å². The van der Waals surface area contributed by atoms with E-state index in [1.807, 2.05) is 0 Å². The number of rotatable bonds is 3. The molecule has 2 rings (SSSR count). The Hall–Kier alpha value is -0.120. The van der Waals surface area contributed by atoms with Crippen molar-refractivity contribution in [2.24, 2.45) is 0 Å². The predicted octanol–water partition coefficient (Wildman–Crippen LogP) is 2.62. The molecule has 1 aromatic rings. The fourth-order valence-electron chi connectivity index (χ4n) is 1.56. The molecule has 1 aliphatic carbocycles. The molecule has 0 aliphatic heterocycles. The van der Waals surface area contributed by atoms with Crippen LogP contribution in [0.4, 0.5) is 0 Å². The summed E-state index contributed by atoms with van der Waals surface area (Å²) >= 11 is 7.69. The molecule has 1 aromatic heterocycles. The van der Waals surface area contributed by atoms with Gasteiger partial charge >= 0.3 is 0 Å². The Bertz CT molecular complexity index is 298. The van der Waals surface area contributed by atoms with Gasteiger partial charge in [0.05, 0.1) is 5.69 Å². The van der Waals surface area contributed by atoms with Crippen LogP contribution in [-0.2, 0) is 6.54 Å². The molecule has 14 heavy (non-hydrogen) atoms. The topological polar surface area (TPSA) is 24.9 Å². The SMILES string of the molecule is Cc1nc(CNC2CC(Cl)C2)sc1C. The number of nitrogens with one attached hydrogen (secondary N) is 1. The van der Waals surface area contributed by atoms with Crippen LogP contribution in [0.25, 0.3) is 0 Å². The molecule has 78 valence electrons. The van der Waals surface area contributed by atoms with E-state index in [2.05, 4.69) is 24.1 Å². The minimum absolute atomic E-state index is 0.396. The Balaban J connectivity index is 1.80. The van der Waals surface area contributed by atoms with E-state index in [9.17, 15) is 0 Å². The number of nitrogens with zero attached hydrogens (tertiary/aromatic N) is 1. The summed E-state index contributed by atoms with van der Waals surface area (Å²) in [5.41, 5.74) is 1.16. The number of aromatic nitrogens is 1. The number of halogens is 1. The average molecular weight is 231 g/mol. The van der Waals surface area contributed by atoms with E-state index in [0.29, 0.717) is 11.4 Å². The number of hydrogen-bond acceptors (Lipinski definition) is 3. The average Bonchev–Trinajstić information content (AvgIpc) is 2.39. The molecule has 2 nitrogen and oxygen atoms in total. The van der Waals surface area contributed by atoms with Gasteiger partial charge < -0.3 is 5.32 Å². The fourth-order valence-corrected chi connectivity index (χ4v) is 2.88. The van der Waals surface area contributed by atoms with Gasteiger partial charge in [0, 0.05) is 22.8 Å². The Labute approximate surface area is 93.7 Å². The van der Waals surface area contributed by atoms with Gasteiger partial charge in [-0.25, -0.2) is 4.98 Å². The maximum atomic E-state index is 5.90. The van der Waals surface area contributed by atoms with Gasteiger partial charge in [0.1, 0.15) is 5.01 Å². The second-order valence-electron chi connectivity index (χ2n) is 3.90. The fraction of sp³-hybridized carbons (Fsp3) is 0.700. The number of thiazole rings is 1. The van der Waals surface area contributed by atoms with Crippen molar-refractivity contribution in [2.75, 3.05) is 0 Å². The van der Waals surface area contributed by atoms with Gasteiger partial charge in [-0.1, -0.05) is 0 Å². The summed E-state index contributed by atoms with van der Waals surface area (Å²) < 4.78 is 0. The maximum Gasteiger partial charge on any atom is 0.107 e. The van der Waals surface area contributed by atoms with Gasteiger partial charge in [0.15, 0.2) is 0 Å². The van der Waals surface area contributed by atoms with Crippen molar-refractivity contribution in [3.63, 3.8) is 0 Å². The quantitative estimate of drug-likeness (QED) is 0.808. The van der Waals surface area contributed by atoms with E-state index >= 15 is 0 Å². The lowest BCUT2D eigenvalue weighted by atomic mass is 9.92. The molecule has 0 bridgehead atoms. The minimum Gasteiger partial charge on any atom is -0.308 e. The van der Waals surface area contributed by atoms with Crippen molar-refractivity contribution < 1.29 is 0 Å². The lowest BCUT2D eigenvalue weighted by Crippen LogP contribution is -2.41. The zero-order chi connectivity index (χ0) is 10.1. The molecule has 0 atom stereocenters. The standard InChI is InChI=1S/C10H15ClN2S/c1-6-7(2)14-10(13-6)5-12-9-3-8(11)4-9/h8-9,12H,3-5H2,1-2H3. The second-order valence-corrected chi connectivity index (χ2v) is 5.80. The lowest BCUT2D eigenvalue weighted by Gasteiger charge is -2.31. The van der Waals surface area contributed by atoms with E-state index in [0.717, 1.165) is 25.1 Å². The van der Waals surface area contributed by atoms with E-state index in [1.54, 1.807) is 11.3 Å². The van der Waals surface area contributed by atoms with E-state index < -0.39 is 0 Å². The first kappa shape index (κ1) is 10.4. The number of hydrogen-bond donors (Lipinski definition) is 1. The molecule has 0 saturated heterocycles. The van der Waals surface area contributed by atoms with Gasteiger partial charge in [-0.3, -0.25) is 0 Å². The van der Waals surface area contributed by atoms with Crippen LogP contribution < -0.4 is 5.32 Å². The third-order valence-corrected chi connectivity index (χ3v) is 4.12. The highest BCUT2D eigenvalue weighted by Crippen LogP contribution is 2.26. The van der Waals surface area contributed by atoms with Gasteiger partial charge in [0.25, 0.3) is 0 Å². The van der Waals surface area contributed by atoms with E-state index in [1.165, 1.54) is 9.88 Å². The highest BCUT2D eigenvalue weighted by atomic mass is 35.5. The molecule has 4 heteroatoms. The summed E-state index contributed by atoms with van der Waals surface area (Å²) in [4.78, 5) is 5.81. The summed E-state index contributed by atoms with van der Waals surface area (Å²) in [5.74, 6) is 0. The Morgan fingerprint density at radius 3 is 2.71 bits per heavy atom. The van der Waals surface area contributed by atoms with E-state index in [-0.39, 0.29) is 0 Å². The largest absolute Gasteiger partial charge is 0.308 e. The van der Waals surface area contributed by atoms with Crippen LogP contribution in [0.15, 0.2) is 0 Å². The summed E-state index contributed by atoms with van der Waals surface area (Å²) in [6.07, 6.45) is 2.20. The van der Waals surface area contributed by atoms with Gasteiger partial charge in [-0.05, 0) is 26.7 Å². The zero-order valence-electron chi connectivity index (χ0n) is 8.51. The predicted molar refractivity (Wildman–Crippen MR) is 61.1 cm³/mol. The third-order valence-electron chi connectivity index (χ3n) is 2.70. The molecular weight excluding hydrogens is 216 g/mol. The molecule has 0 amide bonds. The number of aryl methyl sites for hydroxylation is 2. The lowest BCUT2D eigenvalue weighted by molar-refractivity contribution is 0.345. The molecule has 1 fully saturated rings. The van der Waals surface area contributed by atoms with Crippen LogP contribution >= 0.6 is 22.9 Å². The van der Waals surface area contributed by atoms with Crippen LogP contribution in [0.2, 0.25) is 0 Å². The molecule has 1 saturated carbocycles.